The highest BCUT2D eigenvalue weighted by atomic mass is 32.2. The summed E-state index contributed by atoms with van der Waals surface area (Å²) in [5, 5.41) is 0.258. The van der Waals surface area contributed by atoms with E-state index >= 15 is 0 Å². The maximum atomic E-state index is 13.4. The molecule has 0 aromatic heterocycles. The first-order valence-electron chi connectivity index (χ1n) is 12.5. The van der Waals surface area contributed by atoms with Gasteiger partial charge in [-0.3, -0.25) is 9.89 Å². The SMILES string of the molecule is CC(C)(C)OC(=O)N(CCF)C1=N[C@@H]2[C@@H](OCc3ccccc3)[C@H](OCc3ccccc3)[C@@H](C=O)O[C@@H]2S1. The Morgan fingerprint density at radius 2 is 1.61 bits per heavy atom. The number of fused-ring (bicyclic) bond motifs is 1. The highest BCUT2D eigenvalue weighted by Crippen LogP contribution is 2.40. The zero-order valence-corrected chi connectivity index (χ0v) is 22.5. The van der Waals surface area contributed by atoms with Crippen molar-refractivity contribution >= 4 is 29.3 Å². The molecular formula is C28H33FN2O6S. The molecule has 4 rings (SSSR count). The number of amides is 1. The lowest BCUT2D eigenvalue weighted by molar-refractivity contribution is -0.193. The van der Waals surface area contributed by atoms with Crippen molar-refractivity contribution in [2.24, 2.45) is 4.99 Å². The maximum Gasteiger partial charge on any atom is 0.416 e. The number of amidine groups is 1. The molecule has 5 atom stereocenters. The van der Waals surface area contributed by atoms with Crippen LogP contribution in [-0.2, 0) is 37.0 Å². The summed E-state index contributed by atoms with van der Waals surface area (Å²) in [6.45, 7) is 4.73. The Bertz CT molecular complexity index is 1100. The Hall–Kier alpha value is -2.79. The summed E-state index contributed by atoms with van der Waals surface area (Å²) >= 11 is 1.15. The van der Waals surface area contributed by atoms with E-state index < -0.39 is 48.2 Å². The van der Waals surface area contributed by atoms with Crippen LogP contribution in [-0.4, -0.2) is 71.1 Å². The van der Waals surface area contributed by atoms with Crippen LogP contribution in [0.1, 0.15) is 31.9 Å². The van der Waals surface area contributed by atoms with Gasteiger partial charge in [0.1, 0.15) is 42.1 Å². The average molecular weight is 545 g/mol. The minimum atomic E-state index is -0.918. The summed E-state index contributed by atoms with van der Waals surface area (Å²) in [4.78, 5) is 30.9. The van der Waals surface area contributed by atoms with Crippen molar-refractivity contribution in [3.63, 3.8) is 0 Å². The molecule has 0 bridgehead atoms. The van der Waals surface area contributed by atoms with Gasteiger partial charge in [-0.25, -0.2) is 9.18 Å². The number of nitrogens with zero attached hydrogens (tertiary/aromatic N) is 2. The van der Waals surface area contributed by atoms with E-state index in [0.717, 1.165) is 22.9 Å². The summed E-state index contributed by atoms with van der Waals surface area (Å²) in [5.41, 5.74) is 0.494. The predicted octanol–water partition coefficient (Wildman–Crippen LogP) is 4.76. The lowest BCUT2D eigenvalue weighted by Crippen LogP contribution is -2.57. The van der Waals surface area contributed by atoms with Crippen LogP contribution >= 0.6 is 11.8 Å². The van der Waals surface area contributed by atoms with E-state index in [-0.39, 0.29) is 24.9 Å². The van der Waals surface area contributed by atoms with Crippen molar-refractivity contribution < 1.29 is 32.9 Å². The van der Waals surface area contributed by atoms with E-state index in [1.165, 1.54) is 4.90 Å². The van der Waals surface area contributed by atoms with Crippen LogP contribution in [0, 0.1) is 0 Å². The maximum absolute atomic E-state index is 13.4. The molecule has 2 aromatic rings. The molecule has 8 nitrogen and oxygen atoms in total. The highest BCUT2D eigenvalue weighted by Gasteiger charge is 2.52. The number of hydrogen-bond donors (Lipinski definition) is 0. The number of ether oxygens (including phenoxy) is 4. The van der Waals surface area contributed by atoms with E-state index in [1.807, 2.05) is 60.7 Å². The summed E-state index contributed by atoms with van der Waals surface area (Å²) in [6, 6.07) is 18.6. The highest BCUT2D eigenvalue weighted by molar-refractivity contribution is 8.14. The number of benzene rings is 2. The zero-order chi connectivity index (χ0) is 27.1. The van der Waals surface area contributed by atoms with Crippen LogP contribution < -0.4 is 0 Å². The minimum absolute atomic E-state index is 0.221. The fourth-order valence-electron chi connectivity index (χ4n) is 4.17. The van der Waals surface area contributed by atoms with Gasteiger partial charge >= 0.3 is 6.09 Å². The second-order valence-electron chi connectivity index (χ2n) is 9.97. The molecule has 0 N–H and O–H groups in total. The summed E-state index contributed by atoms with van der Waals surface area (Å²) in [5.74, 6) is 0. The first-order valence-corrected chi connectivity index (χ1v) is 13.4. The quantitative estimate of drug-likeness (QED) is 0.421. The number of alkyl halides is 1. The van der Waals surface area contributed by atoms with E-state index in [1.54, 1.807) is 20.8 Å². The van der Waals surface area contributed by atoms with Crippen molar-refractivity contribution in [2.75, 3.05) is 13.2 Å². The number of carbonyl (C=O) groups excluding carboxylic acids is 2. The molecule has 0 spiro atoms. The smallest absolute Gasteiger partial charge is 0.416 e. The van der Waals surface area contributed by atoms with Gasteiger partial charge in [0.05, 0.1) is 19.8 Å². The molecule has 0 radical (unpaired) electrons. The third kappa shape index (κ3) is 7.19. The van der Waals surface area contributed by atoms with Crippen LogP contribution in [0.4, 0.5) is 9.18 Å². The van der Waals surface area contributed by atoms with Crippen LogP contribution in [0.25, 0.3) is 0 Å². The van der Waals surface area contributed by atoms with E-state index in [0.29, 0.717) is 6.29 Å². The Labute approximate surface area is 226 Å². The van der Waals surface area contributed by atoms with Crippen LogP contribution in [0.2, 0.25) is 0 Å². The van der Waals surface area contributed by atoms with Gasteiger partial charge in [-0.1, -0.05) is 72.4 Å². The summed E-state index contributed by atoms with van der Waals surface area (Å²) < 4.78 is 37.6. The number of carbonyl (C=O) groups is 2. The van der Waals surface area contributed by atoms with Gasteiger partial charge in [-0.15, -0.1) is 0 Å². The number of aliphatic imine (C=N–C) groups is 1. The van der Waals surface area contributed by atoms with Crippen molar-refractivity contribution in [1.29, 1.82) is 0 Å². The first kappa shape index (κ1) is 28.2. The van der Waals surface area contributed by atoms with Crippen molar-refractivity contribution in [3.8, 4) is 0 Å². The fraction of sp³-hybridized carbons (Fsp3) is 0.464. The molecule has 0 aliphatic carbocycles. The van der Waals surface area contributed by atoms with Crippen molar-refractivity contribution in [3.05, 3.63) is 71.8 Å². The lowest BCUT2D eigenvalue weighted by Gasteiger charge is -2.40. The number of halogens is 1. The molecule has 2 aliphatic rings. The van der Waals surface area contributed by atoms with Gasteiger partial charge in [0.15, 0.2) is 11.5 Å². The van der Waals surface area contributed by atoms with E-state index in [4.69, 9.17) is 23.9 Å². The van der Waals surface area contributed by atoms with E-state index in [9.17, 15) is 14.0 Å². The van der Waals surface area contributed by atoms with Gasteiger partial charge in [0, 0.05) is 0 Å². The molecular weight excluding hydrogens is 511 g/mol. The third-order valence-corrected chi connectivity index (χ3v) is 7.05. The Kier molecular flexibility index (Phi) is 9.54. The van der Waals surface area contributed by atoms with Crippen LogP contribution in [0.5, 0.6) is 0 Å². The molecule has 204 valence electrons. The molecule has 38 heavy (non-hydrogen) atoms. The molecule has 10 heteroatoms. The molecule has 2 heterocycles. The van der Waals surface area contributed by atoms with Gasteiger partial charge in [0.2, 0.25) is 0 Å². The molecule has 1 amide bonds. The van der Waals surface area contributed by atoms with Gasteiger partial charge in [-0.2, -0.15) is 0 Å². The second-order valence-corrected chi connectivity index (χ2v) is 11.0. The third-order valence-electron chi connectivity index (χ3n) is 5.89. The number of hydrogen-bond acceptors (Lipinski definition) is 8. The van der Waals surface area contributed by atoms with Crippen LogP contribution in [0.15, 0.2) is 65.7 Å². The van der Waals surface area contributed by atoms with Gasteiger partial charge in [0.25, 0.3) is 0 Å². The largest absolute Gasteiger partial charge is 0.443 e. The normalized spacial score (nSPS) is 24.8. The molecule has 1 saturated heterocycles. The standard InChI is InChI=1S/C28H33FN2O6S/c1-28(2,3)37-27(33)31(15-14-29)26-30-22-24(35-18-20-12-8-5-9-13-20)23(21(16-32)36-25(22)38-26)34-17-19-10-6-4-7-11-19/h4-13,16,21-25H,14-15,17-18H2,1-3H3/t21-,22-,23-,24-,25-/m1/s1. The Morgan fingerprint density at radius 3 is 2.13 bits per heavy atom. The molecule has 0 saturated carbocycles. The molecule has 0 unspecified atom stereocenters. The van der Waals surface area contributed by atoms with Crippen LogP contribution in [0.3, 0.4) is 0 Å². The lowest BCUT2D eigenvalue weighted by atomic mass is 9.98. The summed E-state index contributed by atoms with van der Waals surface area (Å²) in [6.07, 6.45) is -2.33. The number of rotatable bonds is 9. The van der Waals surface area contributed by atoms with Gasteiger partial charge in [-0.05, 0) is 31.9 Å². The topological polar surface area (TPSA) is 86.7 Å². The number of aldehydes is 1. The predicted molar refractivity (Wildman–Crippen MR) is 142 cm³/mol. The molecule has 2 aromatic carbocycles. The number of thioether (sulfide) groups is 1. The monoisotopic (exact) mass is 544 g/mol. The zero-order valence-electron chi connectivity index (χ0n) is 21.7. The minimum Gasteiger partial charge on any atom is -0.443 e. The average Bonchev–Trinajstić information content (AvgIpc) is 3.32. The molecule has 1 fully saturated rings. The van der Waals surface area contributed by atoms with Crippen molar-refractivity contribution in [2.45, 2.75) is 69.4 Å². The van der Waals surface area contributed by atoms with E-state index in [2.05, 4.69) is 0 Å². The Balaban J connectivity index is 1.61. The fourth-order valence-corrected chi connectivity index (χ4v) is 5.39. The summed E-state index contributed by atoms with van der Waals surface area (Å²) in [7, 11) is 0. The van der Waals surface area contributed by atoms with Gasteiger partial charge < -0.3 is 23.7 Å². The first-order chi connectivity index (χ1) is 18.3. The molecule has 2 aliphatic heterocycles. The van der Waals surface area contributed by atoms with Crippen molar-refractivity contribution in [1.82, 2.24) is 4.90 Å². The second kappa shape index (κ2) is 12.8. The Morgan fingerprint density at radius 1 is 1.03 bits per heavy atom.